The van der Waals surface area contributed by atoms with E-state index < -0.39 is 0 Å². The third kappa shape index (κ3) is 3.35. The maximum Gasteiger partial charge on any atom is 0.191 e. The van der Waals surface area contributed by atoms with Crippen molar-refractivity contribution < 1.29 is 9.47 Å². The summed E-state index contributed by atoms with van der Waals surface area (Å²) in [4.78, 5) is 4.03. The SMILES string of the molecule is COc1ccc(OC)c(CSc2nnc(-c3ccncc3)n2C)c1. The van der Waals surface area contributed by atoms with Crippen molar-refractivity contribution >= 4 is 11.8 Å². The summed E-state index contributed by atoms with van der Waals surface area (Å²) in [6.45, 7) is 0. The van der Waals surface area contributed by atoms with E-state index in [4.69, 9.17) is 9.47 Å². The third-order valence-electron chi connectivity index (χ3n) is 3.62. The highest BCUT2D eigenvalue weighted by atomic mass is 32.2. The molecule has 6 nitrogen and oxygen atoms in total. The Balaban J connectivity index is 1.80. The molecule has 0 fully saturated rings. The Kier molecular flexibility index (Phi) is 5.00. The first-order chi connectivity index (χ1) is 11.7. The third-order valence-corrected chi connectivity index (χ3v) is 4.69. The zero-order valence-electron chi connectivity index (χ0n) is 13.8. The van der Waals surface area contributed by atoms with Crippen LogP contribution in [0.15, 0.2) is 47.9 Å². The quantitative estimate of drug-likeness (QED) is 0.641. The number of rotatable bonds is 6. The van der Waals surface area contributed by atoms with Crippen molar-refractivity contribution in [2.75, 3.05) is 14.2 Å². The van der Waals surface area contributed by atoms with Gasteiger partial charge in [0.1, 0.15) is 11.5 Å². The lowest BCUT2D eigenvalue weighted by molar-refractivity contribution is 0.400. The molecule has 0 saturated carbocycles. The van der Waals surface area contributed by atoms with Crippen LogP contribution in [0.1, 0.15) is 5.56 Å². The van der Waals surface area contributed by atoms with Crippen LogP contribution in [0.2, 0.25) is 0 Å². The molecule has 0 aliphatic heterocycles. The number of benzene rings is 1. The van der Waals surface area contributed by atoms with Gasteiger partial charge in [0.05, 0.1) is 14.2 Å². The van der Waals surface area contributed by atoms with Crippen molar-refractivity contribution in [2.24, 2.45) is 7.05 Å². The lowest BCUT2D eigenvalue weighted by Crippen LogP contribution is -1.96. The predicted molar refractivity (Wildman–Crippen MR) is 93.3 cm³/mol. The van der Waals surface area contributed by atoms with E-state index in [1.54, 1.807) is 38.4 Å². The molecule has 0 bridgehead atoms. The van der Waals surface area contributed by atoms with Gasteiger partial charge in [0.25, 0.3) is 0 Å². The van der Waals surface area contributed by atoms with Gasteiger partial charge in [-0.25, -0.2) is 0 Å². The molecule has 0 saturated heterocycles. The maximum atomic E-state index is 5.42. The topological polar surface area (TPSA) is 62.1 Å². The molecule has 3 rings (SSSR count). The van der Waals surface area contributed by atoms with E-state index >= 15 is 0 Å². The summed E-state index contributed by atoms with van der Waals surface area (Å²) in [5.41, 5.74) is 2.04. The van der Waals surface area contributed by atoms with Crippen LogP contribution in [0.4, 0.5) is 0 Å². The molecule has 3 aromatic rings. The number of pyridine rings is 1. The number of methoxy groups -OCH3 is 2. The summed E-state index contributed by atoms with van der Waals surface area (Å²) >= 11 is 1.60. The monoisotopic (exact) mass is 342 g/mol. The Bertz CT molecular complexity index is 821. The van der Waals surface area contributed by atoms with E-state index in [1.165, 1.54) is 0 Å². The molecule has 0 atom stereocenters. The van der Waals surface area contributed by atoms with Crippen molar-refractivity contribution in [2.45, 2.75) is 10.9 Å². The molecule has 7 heteroatoms. The largest absolute Gasteiger partial charge is 0.497 e. The Hall–Kier alpha value is -2.54. The lowest BCUT2D eigenvalue weighted by Gasteiger charge is -2.10. The van der Waals surface area contributed by atoms with Gasteiger partial charge in [-0.3, -0.25) is 4.98 Å². The molecular formula is C17H18N4O2S. The van der Waals surface area contributed by atoms with Crippen LogP contribution in [0.25, 0.3) is 11.4 Å². The van der Waals surface area contributed by atoms with E-state index in [9.17, 15) is 0 Å². The molecule has 0 radical (unpaired) electrons. The van der Waals surface area contributed by atoms with Crippen molar-refractivity contribution in [1.29, 1.82) is 0 Å². The summed E-state index contributed by atoms with van der Waals surface area (Å²) in [7, 11) is 5.28. The fraction of sp³-hybridized carbons (Fsp3) is 0.235. The van der Waals surface area contributed by atoms with Crippen molar-refractivity contribution in [3.05, 3.63) is 48.3 Å². The van der Waals surface area contributed by atoms with Crippen LogP contribution < -0.4 is 9.47 Å². The minimum absolute atomic E-state index is 0.711. The van der Waals surface area contributed by atoms with Gasteiger partial charge in [0.15, 0.2) is 11.0 Å². The zero-order chi connectivity index (χ0) is 16.9. The molecule has 1 aromatic carbocycles. The number of ether oxygens (including phenoxy) is 2. The van der Waals surface area contributed by atoms with Crippen molar-refractivity contribution in [3.8, 4) is 22.9 Å². The second-order valence-electron chi connectivity index (χ2n) is 5.07. The van der Waals surface area contributed by atoms with Crippen LogP contribution in [-0.2, 0) is 12.8 Å². The summed E-state index contributed by atoms with van der Waals surface area (Å²) in [6, 6.07) is 9.61. The highest BCUT2D eigenvalue weighted by molar-refractivity contribution is 7.98. The van der Waals surface area contributed by atoms with Gasteiger partial charge in [0, 0.05) is 36.3 Å². The smallest absolute Gasteiger partial charge is 0.191 e. The zero-order valence-corrected chi connectivity index (χ0v) is 14.6. The highest BCUT2D eigenvalue weighted by Crippen LogP contribution is 2.31. The van der Waals surface area contributed by atoms with E-state index in [0.717, 1.165) is 33.6 Å². The van der Waals surface area contributed by atoms with Gasteiger partial charge in [-0.05, 0) is 30.3 Å². The van der Waals surface area contributed by atoms with Gasteiger partial charge in [-0.15, -0.1) is 10.2 Å². The highest BCUT2D eigenvalue weighted by Gasteiger charge is 2.13. The minimum Gasteiger partial charge on any atom is -0.497 e. The molecule has 2 heterocycles. The molecule has 0 aliphatic rings. The maximum absolute atomic E-state index is 5.42. The lowest BCUT2D eigenvalue weighted by atomic mass is 10.2. The van der Waals surface area contributed by atoms with Crippen LogP contribution in [0.3, 0.4) is 0 Å². The summed E-state index contributed by atoms with van der Waals surface area (Å²) in [5.74, 6) is 3.17. The van der Waals surface area contributed by atoms with Gasteiger partial charge < -0.3 is 14.0 Å². The van der Waals surface area contributed by atoms with Gasteiger partial charge in [-0.2, -0.15) is 0 Å². The second-order valence-corrected chi connectivity index (χ2v) is 6.01. The molecule has 124 valence electrons. The first kappa shape index (κ1) is 16.3. The molecule has 2 aromatic heterocycles. The Morgan fingerprint density at radius 1 is 1.04 bits per heavy atom. The molecule has 0 spiro atoms. The van der Waals surface area contributed by atoms with Gasteiger partial charge in [-0.1, -0.05) is 11.8 Å². The minimum atomic E-state index is 0.711. The molecular weight excluding hydrogens is 324 g/mol. The van der Waals surface area contributed by atoms with E-state index in [0.29, 0.717) is 5.75 Å². The van der Waals surface area contributed by atoms with E-state index in [1.807, 2.05) is 41.9 Å². The normalized spacial score (nSPS) is 10.6. The van der Waals surface area contributed by atoms with Gasteiger partial charge >= 0.3 is 0 Å². The van der Waals surface area contributed by atoms with Crippen LogP contribution in [-0.4, -0.2) is 34.0 Å². The van der Waals surface area contributed by atoms with Crippen molar-refractivity contribution in [3.63, 3.8) is 0 Å². The van der Waals surface area contributed by atoms with Crippen LogP contribution in [0, 0.1) is 0 Å². The number of hydrogen-bond donors (Lipinski definition) is 0. The van der Waals surface area contributed by atoms with Gasteiger partial charge in [0.2, 0.25) is 0 Å². The number of hydrogen-bond acceptors (Lipinski definition) is 6. The fourth-order valence-electron chi connectivity index (χ4n) is 2.33. The summed E-state index contributed by atoms with van der Waals surface area (Å²) in [5, 5.41) is 9.41. The second kappa shape index (κ2) is 7.35. The number of nitrogens with zero attached hydrogens (tertiary/aromatic N) is 4. The summed E-state index contributed by atoms with van der Waals surface area (Å²) < 4.78 is 12.7. The summed E-state index contributed by atoms with van der Waals surface area (Å²) in [6.07, 6.45) is 3.50. The standard InChI is InChI=1S/C17H18N4O2S/c1-21-16(12-6-8-18-9-7-12)19-20-17(21)24-11-13-10-14(22-2)4-5-15(13)23-3/h4-10H,11H2,1-3H3. The number of aromatic nitrogens is 4. The molecule has 0 N–H and O–H groups in total. The van der Waals surface area contributed by atoms with E-state index in [2.05, 4.69) is 15.2 Å². The Labute approximate surface area is 144 Å². The molecule has 24 heavy (non-hydrogen) atoms. The Morgan fingerprint density at radius 3 is 2.54 bits per heavy atom. The number of thioether (sulfide) groups is 1. The first-order valence-corrected chi connectivity index (χ1v) is 8.35. The predicted octanol–water partition coefficient (Wildman–Crippen LogP) is 3.19. The molecule has 0 unspecified atom stereocenters. The Morgan fingerprint density at radius 2 is 1.83 bits per heavy atom. The van der Waals surface area contributed by atoms with Crippen LogP contribution in [0.5, 0.6) is 11.5 Å². The average molecular weight is 342 g/mol. The van der Waals surface area contributed by atoms with Crippen LogP contribution >= 0.6 is 11.8 Å². The van der Waals surface area contributed by atoms with Crippen molar-refractivity contribution in [1.82, 2.24) is 19.7 Å². The molecule has 0 amide bonds. The van der Waals surface area contributed by atoms with E-state index in [-0.39, 0.29) is 0 Å². The molecule has 0 aliphatic carbocycles. The first-order valence-electron chi connectivity index (χ1n) is 7.36. The average Bonchev–Trinajstić information content (AvgIpc) is 3.01. The fourth-order valence-corrected chi connectivity index (χ4v) is 3.22.